The number of carbonyl (C=O) groups is 2. The van der Waals surface area contributed by atoms with Gasteiger partial charge in [-0.05, 0) is 74.2 Å². The van der Waals surface area contributed by atoms with Gasteiger partial charge in [0.1, 0.15) is 11.5 Å². The Balaban J connectivity index is 1.54. The molecule has 0 radical (unpaired) electrons. The Morgan fingerprint density at radius 2 is 1.35 bits per heavy atom. The molecule has 1 heterocycles. The largest absolute Gasteiger partial charge is 0.457 e. The number of amides is 2. The van der Waals surface area contributed by atoms with Gasteiger partial charge in [-0.3, -0.25) is 14.5 Å². The molecule has 2 unspecified atom stereocenters. The van der Waals surface area contributed by atoms with Gasteiger partial charge in [0.15, 0.2) is 0 Å². The van der Waals surface area contributed by atoms with Crippen LogP contribution in [0.2, 0.25) is 0 Å². The van der Waals surface area contributed by atoms with Crippen molar-refractivity contribution >= 4 is 17.5 Å². The highest BCUT2D eigenvalue weighted by atomic mass is 16.5. The lowest BCUT2D eigenvalue weighted by Gasteiger charge is -2.15. The predicted octanol–water partition coefficient (Wildman–Crippen LogP) is 4.55. The molecule has 1 saturated heterocycles. The van der Waals surface area contributed by atoms with Gasteiger partial charge in [0.25, 0.3) is 0 Å². The highest BCUT2D eigenvalue weighted by Gasteiger charge is 2.47. The summed E-state index contributed by atoms with van der Waals surface area (Å²) in [6.45, 7) is 4.06. The Morgan fingerprint density at radius 1 is 0.808 bits per heavy atom. The summed E-state index contributed by atoms with van der Waals surface area (Å²) in [5.41, 5.74) is 2.89. The van der Waals surface area contributed by atoms with E-state index in [0.29, 0.717) is 24.3 Å². The molecule has 1 aliphatic heterocycles. The second-order valence-electron chi connectivity index (χ2n) is 7.09. The monoisotopic (exact) mass is 347 g/mol. The number of imide groups is 1. The minimum Gasteiger partial charge on any atom is -0.457 e. The van der Waals surface area contributed by atoms with Crippen molar-refractivity contribution in [1.82, 2.24) is 0 Å². The predicted molar refractivity (Wildman–Crippen MR) is 100 cm³/mol. The number of aryl methyl sites for hydroxylation is 2. The first-order valence-electron chi connectivity index (χ1n) is 8.92. The molecule has 1 aliphatic carbocycles. The van der Waals surface area contributed by atoms with E-state index in [1.807, 2.05) is 38.1 Å². The van der Waals surface area contributed by atoms with Crippen molar-refractivity contribution in [3.05, 3.63) is 65.7 Å². The van der Waals surface area contributed by atoms with Crippen molar-refractivity contribution < 1.29 is 14.3 Å². The molecule has 2 atom stereocenters. The SMILES string of the molecule is Cc1cc(C)cc(Oc2ccc(N3C(=O)C4CC=CCC4C3=O)cc2)c1. The van der Waals surface area contributed by atoms with Gasteiger partial charge in [-0.15, -0.1) is 0 Å². The summed E-state index contributed by atoms with van der Waals surface area (Å²) in [7, 11) is 0. The second-order valence-corrected chi connectivity index (χ2v) is 7.09. The number of fused-ring (bicyclic) bond motifs is 1. The second kappa shape index (κ2) is 6.45. The van der Waals surface area contributed by atoms with Crippen LogP contribution in [0, 0.1) is 25.7 Å². The number of carbonyl (C=O) groups excluding carboxylic acids is 2. The Labute approximate surface area is 153 Å². The molecule has 2 aromatic rings. The molecule has 26 heavy (non-hydrogen) atoms. The van der Waals surface area contributed by atoms with Crippen LogP contribution in [0.1, 0.15) is 24.0 Å². The number of benzene rings is 2. The van der Waals surface area contributed by atoms with Crippen LogP contribution in [0.3, 0.4) is 0 Å². The number of allylic oxidation sites excluding steroid dienone is 2. The van der Waals surface area contributed by atoms with E-state index in [1.165, 1.54) is 4.90 Å². The zero-order valence-electron chi connectivity index (χ0n) is 14.9. The molecular weight excluding hydrogens is 326 g/mol. The first-order valence-corrected chi connectivity index (χ1v) is 8.92. The lowest BCUT2D eigenvalue weighted by molar-refractivity contribution is -0.122. The number of nitrogens with zero attached hydrogens (tertiary/aromatic N) is 1. The Morgan fingerprint density at radius 3 is 1.88 bits per heavy atom. The fraction of sp³-hybridized carbons (Fsp3) is 0.273. The van der Waals surface area contributed by atoms with Crippen molar-refractivity contribution in [2.24, 2.45) is 11.8 Å². The fourth-order valence-corrected chi connectivity index (χ4v) is 3.85. The highest BCUT2D eigenvalue weighted by molar-refractivity contribution is 6.22. The summed E-state index contributed by atoms with van der Waals surface area (Å²) in [5, 5.41) is 0. The third-order valence-electron chi connectivity index (χ3n) is 5.03. The van der Waals surface area contributed by atoms with E-state index >= 15 is 0 Å². The van der Waals surface area contributed by atoms with Crippen molar-refractivity contribution in [2.75, 3.05) is 4.90 Å². The fourth-order valence-electron chi connectivity index (χ4n) is 3.85. The van der Waals surface area contributed by atoms with Crippen molar-refractivity contribution in [2.45, 2.75) is 26.7 Å². The Bertz CT molecular complexity index is 852. The van der Waals surface area contributed by atoms with Crippen LogP contribution in [-0.2, 0) is 9.59 Å². The lowest BCUT2D eigenvalue weighted by Crippen LogP contribution is -2.30. The summed E-state index contributed by atoms with van der Waals surface area (Å²) >= 11 is 0. The van der Waals surface area contributed by atoms with Gasteiger partial charge < -0.3 is 4.74 Å². The van der Waals surface area contributed by atoms with Gasteiger partial charge in [-0.25, -0.2) is 0 Å². The van der Waals surface area contributed by atoms with Crippen LogP contribution in [0.25, 0.3) is 0 Å². The number of anilines is 1. The molecule has 0 saturated carbocycles. The van der Waals surface area contributed by atoms with E-state index in [9.17, 15) is 9.59 Å². The molecule has 132 valence electrons. The minimum absolute atomic E-state index is 0.0904. The zero-order valence-corrected chi connectivity index (χ0v) is 14.9. The van der Waals surface area contributed by atoms with Crippen LogP contribution in [0.15, 0.2) is 54.6 Å². The van der Waals surface area contributed by atoms with E-state index < -0.39 is 0 Å². The molecular formula is C22H21NO3. The van der Waals surface area contributed by atoms with Gasteiger partial charge in [-0.1, -0.05) is 18.2 Å². The van der Waals surface area contributed by atoms with Crippen molar-refractivity contribution in [1.29, 1.82) is 0 Å². The quantitative estimate of drug-likeness (QED) is 0.604. The molecule has 0 spiro atoms. The van der Waals surface area contributed by atoms with Crippen LogP contribution < -0.4 is 9.64 Å². The zero-order chi connectivity index (χ0) is 18.3. The van der Waals surface area contributed by atoms with Crippen molar-refractivity contribution in [3.8, 4) is 11.5 Å². The van der Waals surface area contributed by atoms with Crippen LogP contribution >= 0.6 is 0 Å². The van der Waals surface area contributed by atoms with Gasteiger partial charge in [0.05, 0.1) is 17.5 Å². The number of hydrogen-bond donors (Lipinski definition) is 0. The molecule has 0 aromatic heterocycles. The molecule has 4 rings (SSSR count). The van der Waals surface area contributed by atoms with Gasteiger partial charge in [0.2, 0.25) is 11.8 Å². The lowest BCUT2D eigenvalue weighted by atomic mass is 9.85. The van der Waals surface area contributed by atoms with E-state index in [1.54, 1.807) is 24.3 Å². The summed E-state index contributed by atoms with van der Waals surface area (Å²) < 4.78 is 5.91. The highest BCUT2D eigenvalue weighted by Crippen LogP contribution is 2.38. The van der Waals surface area contributed by atoms with Gasteiger partial charge in [0, 0.05) is 0 Å². The topological polar surface area (TPSA) is 46.6 Å². The molecule has 4 nitrogen and oxygen atoms in total. The molecule has 1 fully saturated rings. The molecule has 4 heteroatoms. The molecule has 2 amide bonds. The molecule has 2 aliphatic rings. The Hall–Kier alpha value is -2.88. The number of rotatable bonds is 3. The third kappa shape index (κ3) is 2.92. The normalized spacial score (nSPS) is 21.8. The maximum absolute atomic E-state index is 12.6. The smallest absolute Gasteiger partial charge is 0.238 e. The standard InChI is InChI=1S/C22H21NO3/c1-14-11-15(2)13-18(12-14)26-17-9-7-16(8-10-17)23-21(24)19-5-3-4-6-20(19)22(23)25/h3-4,7-13,19-20H,5-6H2,1-2H3. The van der Waals surface area contributed by atoms with E-state index in [4.69, 9.17) is 4.74 Å². The third-order valence-corrected chi connectivity index (χ3v) is 5.03. The summed E-state index contributed by atoms with van der Waals surface area (Å²) in [5.74, 6) is 0.856. The maximum Gasteiger partial charge on any atom is 0.238 e. The molecule has 0 bridgehead atoms. The minimum atomic E-state index is -0.210. The van der Waals surface area contributed by atoms with E-state index in [2.05, 4.69) is 6.07 Å². The van der Waals surface area contributed by atoms with Gasteiger partial charge >= 0.3 is 0 Å². The average molecular weight is 347 g/mol. The average Bonchev–Trinajstić information content (AvgIpc) is 2.86. The van der Waals surface area contributed by atoms with E-state index in [-0.39, 0.29) is 23.7 Å². The molecule has 0 N–H and O–H groups in total. The Kier molecular flexibility index (Phi) is 4.11. The summed E-state index contributed by atoms with van der Waals surface area (Å²) in [4.78, 5) is 26.6. The van der Waals surface area contributed by atoms with Crippen LogP contribution in [-0.4, -0.2) is 11.8 Å². The van der Waals surface area contributed by atoms with Crippen LogP contribution in [0.5, 0.6) is 11.5 Å². The number of ether oxygens (including phenoxy) is 1. The summed E-state index contributed by atoms with van der Waals surface area (Å²) in [6.07, 6.45) is 5.30. The molecule has 2 aromatic carbocycles. The number of hydrogen-bond acceptors (Lipinski definition) is 3. The van der Waals surface area contributed by atoms with Gasteiger partial charge in [-0.2, -0.15) is 0 Å². The van der Waals surface area contributed by atoms with Crippen LogP contribution in [0.4, 0.5) is 5.69 Å². The van der Waals surface area contributed by atoms with E-state index in [0.717, 1.165) is 16.9 Å². The van der Waals surface area contributed by atoms with Crippen molar-refractivity contribution in [3.63, 3.8) is 0 Å². The first kappa shape index (κ1) is 16.6. The maximum atomic E-state index is 12.6. The summed E-state index contributed by atoms with van der Waals surface area (Å²) in [6, 6.07) is 13.2. The first-order chi connectivity index (χ1) is 12.5.